The fraction of sp³-hybridized carbons (Fsp3) is 0.143. The maximum atomic E-state index is 13.7. The molecule has 10 nitrogen and oxygen atoms in total. The molecule has 0 aliphatic carbocycles. The molecule has 4 aromatic rings. The third kappa shape index (κ3) is 6.64. The van der Waals surface area contributed by atoms with Crippen molar-refractivity contribution in [2.24, 2.45) is 0 Å². The van der Waals surface area contributed by atoms with E-state index < -0.39 is 23.5 Å². The first kappa shape index (κ1) is 27.2. The minimum atomic E-state index is -4.72. The van der Waals surface area contributed by atoms with Gasteiger partial charge in [-0.15, -0.1) is 0 Å². The molecule has 2 aromatic heterocycles. The van der Waals surface area contributed by atoms with Crippen molar-refractivity contribution in [1.82, 2.24) is 30.0 Å². The third-order valence-corrected chi connectivity index (χ3v) is 6.07. The van der Waals surface area contributed by atoms with Crippen molar-refractivity contribution < 1.29 is 22.7 Å². The van der Waals surface area contributed by atoms with Crippen LogP contribution < -0.4 is 16.0 Å². The lowest BCUT2D eigenvalue weighted by atomic mass is 10.1. The number of ether oxygens (including phenoxy) is 1. The Hall–Kier alpha value is -5.33. The molecule has 2 aromatic carbocycles. The molecular weight excluding hydrogens is 537 g/mol. The summed E-state index contributed by atoms with van der Waals surface area (Å²) >= 11 is 0. The van der Waals surface area contributed by atoms with Crippen LogP contribution in [0, 0.1) is 0 Å². The van der Waals surface area contributed by atoms with Gasteiger partial charge in [-0.25, -0.2) is 4.98 Å². The van der Waals surface area contributed by atoms with Crippen LogP contribution in [0.3, 0.4) is 0 Å². The molecule has 0 saturated heterocycles. The Balaban J connectivity index is 1.31. The molecule has 210 valence electrons. The van der Waals surface area contributed by atoms with E-state index in [4.69, 9.17) is 4.74 Å². The number of halogens is 3. The number of carbonyl (C=O) groups excluding carboxylic acids is 1. The summed E-state index contributed by atoms with van der Waals surface area (Å²) in [6.07, 6.45) is 4.74. The normalized spacial score (nSPS) is 12.6. The van der Waals surface area contributed by atoms with Crippen LogP contribution in [0.1, 0.15) is 15.9 Å². The topological polar surface area (TPSA) is 109 Å². The molecule has 1 amide bonds. The highest BCUT2D eigenvalue weighted by Crippen LogP contribution is 2.36. The van der Waals surface area contributed by atoms with Gasteiger partial charge in [0.05, 0.1) is 23.5 Å². The molecule has 0 saturated carbocycles. The first-order valence-electron chi connectivity index (χ1n) is 12.5. The van der Waals surface area contributed by atoms with E-state index in [0.717, 1.165) is 17.8 Å². The van der Waals surface area contributed by atoms with Crippen LogP contribution in [0.15, 0.2) is 91.9 Å². The zero-order valence-electron chi connectivity index (χ0n) is 21.8. The number of aromatic nitrogens is 4. The first-order chi connectivity index (χ1) is 19.8. The van der Waals surface area contributed by atoms with Crippen molar-refractivity contribution in [3.63, 3.8) is 0 Å². The molecule has 0 atom stereocenters. The van der Waals surface area contributed by atoms with Gasteiger partial charge in [0.1, 0.15) is 23.9 Å². The van der Waals surface area contributed by atoms with Crippen LogP contribution in [-0.2, 0) is 17.5 Å². The number of nitrogens with one attached hydrogen (secondary N) is 3. The van der Waals surface area contributed by atoms with E-state index in [1.54, 1.807) is 36.8 Å². The number of hydrogen-bond acceptors (Lipinski definition) is 8. The Morgan fingerprint density at radius 3 is 2.46 bits per heavy atom. The largest absolute Gasteiger partial charge is 0.470 e. The molecule has 1 aliphatic heterocycles. The highest BCUT2D eigenvalue weighted by molar-refractivity contribution is 6.00. The van der Waals surface area contributed by atoms with Crippen molar-refractivity contribution in [1.29, 1.82) is 0 Å². The number of alkyl halides is 3. The summed E-state index contributed by atoms with van der Waals surface area (Å²) in [6.45, 7) is 1.39. The summed E-state index contributed by atoms with van der Waals surface area (Å²) in [5, 5.41) is 12.7. The quantitative estimate of drug-likeness (QED) is 0.246. The van der Waals surface area contributed by atoms with E-state index in [-0.39, 0.29) is 17.2 Å². The number of para-hydroxylation sites is 1. The van der Waals surface area contributed by atoms with Crippen molar-refractivity contribution >= 4 is 29.0 Å². The number of amides is 1. The summed E-state index contributed by atoms with van der Waals surface area (Å²) < 4.78 is 48.1. The van der Waals surface area contributed by atoms with Crippen molar-refractivity contribution in [3.8, 4) is 11.3 Å². The molecule has 3 N–H and O–H groups in total. The molecule has 5 rings (SSSR count). The van der Waals surface area contributed by atoms with Gasteiger partial charge >= 0.3 is 6.18 Å². The third-order valence-electron chi connectivity index (χ3n) is 6.07. The van der Waals surface area contributed by atoms with Crippen molar-refractivity contribution in [3.05, 3.63) is 103 Å². The molecule has 13 heteroatoms. The smallest absolute Gasteiger partial charge is 0.421 e. The highest BCUT2D eigenvalue weighted by Gasteiger charge is 2.35. The average molecular weight is 563 g/mol. The fourth-order valence-corrected chi connectivity index (χ4v) is 3.98. The summed E-state index contributed by atoms with van der Waals surface area (Å²) in [6, 6.07) is 15.3. The minimum Gasteiger partial charge on any atom is -0.470 e. The number of anilines is 4. The predicted octanol–water partition coefficient (Wildman–Crippen LogP) is 5.48. The van der Waals surface area contributed by atoms with Gasteiger partial charge in [0, 0.05) is 49.6 Å². The Morgan fingerprint density at radius 1 is 0.976 bits per heavy atom. The van der Waals surface area contributed by atoms with E-state index in [9.17, 15) is 18.0 Å². The average Bonchev–Trinajstić information content (AvgIpc) is 3.45. The number of carbonyl (C=O) groups is 1. The van der Waals surface area contributed by atoms with E-state index >= 15 is 0 Å². The molecule has 41 heavy (non-hydrogen) atoms. The Bertz CT molecular complexity index is 1570. The van der Waals surface area contributed by atoms with Crippen molar-refractivity contribution in [2.45, 2.75) is 12.7 Å². The molecule has 0 bridgehead atoms. The molecule has 0 radical (unpaired) electrons. The van der Waals surface area contributed by atoms with Crippen LogP contribution in [0.2, 0.25) is 0 Å². The van der Waals surface area contributed by atoms with Gasteiger partial charge in [0.2, 0.25) is 5.95 Å². The maximum absolute atomic E-state index is 13.7. The van der Waals surface area contributed by atoms with Crippen molar-refractivity contribution in [2.75, 3.05) is 24.2 Å². The lowest BCUT2D eigenvalue weighted by molar-refractivity contribution is -0.137. The number of benzene rings is 2. The molecule has 3 heterocycles. The molecule has 0 fully saturated rings. The SMILES string of the molecule is CNC(=O)c1ccccc1Nc1nc(Nc2ccc(-c3ccn(CCN4C=COC=C4)n3)cc2)ncc1C(F)(F)F. The summed E-state index contributed by atoms with van der Waals surface area (Å²) in [5.74, 6) is -0.997. The summed E-state index contributed by atoms with van der Waals surface area (Å²) in [5.41, 5.74) is 1.48. The number of rotatable bonds is 9. The summed E-state index contributed by atoms with van der Waals surface area (Å²) in [7, 11) is 1.44. The van der Waals surface area contributed by atoms with Gasteiger partial charge in [0.25, 0.3) is 5.91 Å². The predicted molar refractivity (Wildman–Crippen MR) is 147 cm³/mol. The minimum absolute atomic E-state index is 0.0545. The lowest BCUT2D eigenvalue weighted by Crippen LogP contribution is -2.20. The number of hydrogen-bond donors (Lipinski definition) is 3. The number of nitrogens with zero attached hydrogens (tertiary/aromatic N) is 5. The Labute approximate surface area is 233 Å². The van der Waals surface area contributed by atoms with Gasteiger partial charge < -0.3 is 25.6 Å². The van der Waals surface area contributed by atoms with E-state index in [1.165, 1.54) is 19.2 Å². The van der Waals surface area contributed by atoms with Crippen LogP contribution in [0.5, 0.6) is 0 Å². The zero-order chi connectivity index (χ0) is 28.8. The maximum Gasteiger partial charge on any atom is 0.421 e. The van der Waals surface area contributed by atoms with E-state index in [0.29, 0.717) is 18.4 Å². The molecular formula is C28H25F3N8O2. The van der Waals surface area contributed by atoms with E-state index in [2.05, 4.69) is 31.0 Å². The Kier molecular flexibility index (Phi) is 7.85. The van der Waals surface area contributed by atoms with Crippen LogP contribution in [0.25, 0.3) is 11.3 Å². The van der Waals surface area contributed by atoms with Gasteiger partial charge in [-0.3, -0.25) is 9.48 Å². The first-order valence-corrected chi connectivity index (χ1v) is 12.5. The highest BCUT2D eigenvalue weighted by atomic mass is 19.4. The van der Waals surface area contributed by atoms with Gasteiger partial charge in [-0.2, -0.15) is 23.3 Å². The van der Waals surface area contributed by atoms with E-state index in [1.807, 2.05) is 46.4 Å². The van der Waals surface area contributed by atoms with Gasteiger partial charge in [-0.1, -0.05) is 24.3 Å². The lowest BCUT2D eigenvalue weighted by Gasteiger charge is -2.17. The van der Waals surface area contributed by atoms with Gasteiger partial charge in [0.15, 0.2) is 0 Å². The molecule has 0 spiro atoms. The monoisotopic (exact) mass is 562 g/mol. The van der Waals surface area contributed by atoms with Crippen LogP contribution in [-0.4, -0.2) is 44.1 Å². The molecule has 1 aliphatic rings. The van der Waals surface area contributed by atoms with Crippen LogP contribution in [0.4, 0.5) is 36.3 Å². The van der Waals surface area contributed by atoms with Crippen LogP contribution >= 0.6 is 0 Å². The fourth-order valence-electron chi connectivity index (χ4n) is 3.98. The second-order valence-corrected chi connectivity index (χ2v) is 8.81. The second-order valence-electron chi connectivity index (χ2n) is 8.81. The standard InChI is InChI=1S/C28H25F3N8O2/c1-32-26(40)21-4-2-3-5-24(21)35-25-22(28(29,30)31)18-33-27(36-25)34-20-8-6-19(7-9-20)23-10-11-39(37-23)13-12-38-14-16-41-17-15-38/h2-11,14-18H,12-13H2,1H3,(H,32,40)(H2,33,34,35,36). The molecule has 0 unspecified atom stereocenters. The zero-order valence-corrected chi connectivity index (χ0v) is 21.8. The van der Waals surface area contributed by atoms with Gasteiger partial charge in [-0.05, 0) is 30.3 Å². The Morgan fingerprint density at radius 2 is 1.73 bits per heavy atom. The summed E-state index contributed by atoms with van der Waals surface area (Å²) in [4.78, 5) is 22.1. The second kappa shape index (κ2) is 11.8.